The van der Waals surface area contributed by atoms with Crippen molar-refractivity contribution in [3.05, 3.63) is 48.5 Å². The Kier molecular flexibility index (Phi) is 6.14. The smallest absolute Gasteiger partial charge is 0.356 e. The molecule has 2 N–H and O–H groups in total. The third-order valence-corrected chi connectivity index (χ3v) is 4.31. The van der Waals surface area contributed by atoms with E-state index < -0.39 is 36.4 Å². The Balaban J connectivity index is 0.00000256. The van der Waals surface area contributed by atoms with Crippen LogP contribution in [0.4, 0.5) is 23.4 Å². The fourth-order valence-corrected chi connectivity index (χ4v) is 2.80. The molecule has 0 saturated heterocycles. The van der Waals surface area contributed by atoms with E-state index in [4.69, 9.17) is 0 Å². The Morgan fingerprint density at radius 1 is 1.20 bits per heavy atom. The van der Waals surface area contributed by atoms with Crippen molar-refractivity contribution in [1.29, 1.82) is 0 Å². The Labute approximate surface area is 172 Å². The van der Waals surface area contributed by atoms with Gasteiger partial charge < -0.3 is 10.6 Å². The lowest BCUT2D eigenvalue weighted by Crippen LogP contribution is -2.46. The van der Waals surface area contributed by atoms with Crippen LogP contribution >= 0.6 is 0 Å². The summed E-state index contributed by atoms with van der Waals surface area (Å²) < 4.78 is 51.5. The average molecular weight is 425 g/mol. The molecule has 30 heavy (non-hydrogen) atoms. The second kappa shape index (κ2) is 8.60. The molecule has 1 atom stereocenters. The molecule has 0 saturated carbocycles. The molecule has 1 aromatic carbocycles. The van der Waals surface area contributed by atoms with Crippen molar-refractivity contribution in [1.82, 2.24) is 20.3 Å². The van der Waals surface area contributed by atoms with Gasteiger partial charge in [0.1, 0.15) is 12.6 Å². The number of amides is 1. The third kappa shape index (κ3) is 5.19. The molecule has 3 aromatic rings. The fourth-order valence-electron chi connectivity index (χ4n) is 2.80. The summed E-state index contributed by atoms with van der Waals surface area (Å²) in [5.41, 5.74) is 1.36. The van der Waals surface area contributed by atoms with Gasteiger partial charge in [0.15, 0.2) is 17.5 Å². The monoisotopic (exact) mass is 425 g/mol. The molecule has 0 bridgehead atoms. The quantitative estimate of drug-likeness (QED) is 0.571. The molecule has 2 heterocycles. The van der Waals surface area contributed by atoms with E-state index in [9.17, 15) is 22.4 Å². The van der Waals surface area contributed by atoms with Crippen LogP contribution in [-0.2, 0) is 4.79 Å². The van der Waals surface area contributed by atoms with E-state index in [1.54, 1.807) is 44.3 Å². The molecule has 0 unspecified atom stereocenters. The summed E-state index contributed by atoms with van der Waals surface area (Å²) in [7, 11) is 0. The molecule has 0 aliphatic carbocycles. The number of hydrogen-bond donors (Lipinski definition) is 2. The van der Waals surface area contributed by atoms with Gasteiger partial charge in [-0.3, -0.25) is 9.78 Å². The van der Waals surface area contributed by atoms with Crippen molar-refractivity contribution >= 4 is 22.6 Å². The van der Waals surface area contributed by atoms with E-state index in [1.165, 1.54) is 0 Å². The predicted molar refractivity (Wildman–Crippen MR) is 108 cm³/mol. The molecule has 10 heteroatoms. The second-order valence-corrected chi connectivity index (χ2v) is 7.00. The normalized spacial score (nSPS) is 12.8. The molecule has 0 fully saturated rings. The number of pyridine rings is 1. The number of carbonyl (C=O) groups excluding carboxylic acids is 1. The Morgan fingerprint density at radius 3 is 2.67 bits per heavy atom. The van der Waals surface area contributed by atoms with Crippen molar-refractivity contribution in [2.24, 2.45) is 5.92 Å². The van der Waals surface area contributed by atoms with Crippen molar-refractivity contribution < 1.29 is 25.2 Å². The molecule has 0 aliphatic rings. The summed E-state index contributed by atoms with van der Waals surface area (Å²) in [4.78, 5) is 24.6. The average Bonchev–Trinajstić information content (AvgIpc) is 2.70. The molecule has 6 nitrogen and oxygen atoms in total. The number of aromatic nitrogens is 3. The van der Waals surface area contributed by atoms with Crippen LogP contribution in [0.2, 0.25) is 0 Å². The van der Waals surface area contributed by atoms with Gasteiger partial charge in [0.25, 0.3) is 0 Å². The molecule has 162 valence electrons. The number of alkyl halides is 3. The van der Waals surface area contributed by atoms with E-state index >= 15 is 0 Å². The first-order valence-electron chi connectivity index (χ1n) is 9.13. The molecule has 2 aromatic heterocycles. The minimum absolute atomic E-state index is 0. The highest BCUT2D eigenvalue weighted by atomic mass is 19.4. The van der Waals surface area contributed by atoms with E-state index in [0.717, 1.165) is 17.1 Å². The van der Waals surface area contributed by atoms with Gasteiger partial charge in [-0.25, -0.2) is 14.4 Å². The van der Waals surface area contributed by atoms with Crippen molar-refractivity contribution in [2.45, 2.75) is 26.1 Å². The van der Waals surface area contributed by atoms with Gasteiger partial charge in [0, 0.05) is 20.0 Å². The highest BCUT2D eigenvalue weighted by Gasteiger charge is 2.31. The van der Waals surface area contributed by atoms with Crippen LogP contribution in [0.15, 0.2) is 42.7 Å². The van der Waals surface area contributed by atoms with Crippen molar-refractivity contribution in [3.63, 3.8) is 0 Å². The van der Waals surface area contributed by atoms with E-state index in [2.05, 4.69) is 20.3 Å². The molecule has 0 spiro atoms. The molecule has 0 aliphatic heterocycles. The molecule has 0 radical (unpaired) electrons. The minimum Gasteiger partial charge on any atom is -0.356 e. The van der Waals surface area contributed by atoms with Crippen LogP contribution in [0.25, 0.3) is 22.3 Å². The first kappa shape index (κ1) is 21.4. The first-order valence-corrected chi connectivity index (χ1v) is 9.13. The van der Waals surface area contributed by atoms with Crippen LogP contribution in [0.5, 0.6) is 0 Å². The van der Waals surface area contributed by atoms with Gasteiger partial charge in [0.2, 0.25) is 5.91 Å². The summed E-state index contributed by atoms with van der Waals surface area (Å²) in [6.07, 6.45) is -1.94. The fraction of sp³-hybridized carbons (Fsp3) is 0.300. The molecular weight excluding hydrogens is 402 g/mol. The Hall–Kier alpha value is -3.30. The van der Waals surface area contributed by atoms with Crippen molar-refractivity contribution in [2.75, 3.05) is 11.9 Å². The van der Waals surface area contributed by atoms with Gasteiger partial charge in [-0.05, 0) is 30.2 Å². The molecule has 1 amide bonds. The minimum atomic E-state index is -4.55. The zero-order chi connectivity index (χ0) is 21.9. The number of fused-ring (bicyclic) bond motifs is 1. The summed E-state index contributed by atoms with van der Waals surface area (Å²) in [5.74, 6) is -2.23. The number of carbonyl (C=O) groups is 1. The first-order chi connectivity index (χ1) is 14.1. The largest absolute Gasteiger partial charge is 0.405 e. The standard InChI is InChI=1S/C20H19F4N5O.2H2/c1-11(2)16(19(30)27-10-20(22,23)24)28-18-14(21)9-26-17(29-18)13-5-6-15-12(8-13)4-3-7-25-15;;/h3-9,11,16H,10H2,1-2H3,(H,27,30)(H,26,28,29);2*1H/t16-;;/m1../s1. The van der Waals surface area contributed by atoms with E-state index in [-0.39, 0.29) is 14.5 Å². The van der Waals surface area contributed by atoms with Crippen molar-refractivity contribution in [3.8, 4) is 11.4 Å². The maximum absolute atomic E-state index is 14.3. The molecular formula is C20H23F4N5O. The van der Waals surface area contributed by atoms with Gasteiger partial charge in [-0.1, -0.05) is 19.9 Å². The third-order valence-electron chi connectivity index (χ3n) is 4.31. The van der Waals surface area contributed by atoms with Gasteiger partial charge in [0.05, 0.1) is 11.7 Å². The summed E-state index contributed by atoms with van der Waals surface area (Å²) >= 11 is 0. The summed E-state index contributed by atoms with van der Waals surface area (Å²) in [5, 5.41) is 5.26. The Bertz CT molecular complexity index is 1070. The number of benzene rings is 1. The topological polar surface area (TPSA) is 79.8 Å². The lowest BCUT2D eigenvalue weighted by molar-refractivity contribution is -0.139. The number of nitrogens with one attached hydrogen (secondary N) is 2. The highest BCUT2D eigenvalue weighted by Crippen LogP contribution is 2.23. The van der Waals surface area contributed by atoms with E-state index in [0.29, 0.717) is 5.56 Å². The van der Waals surface area contributed by atoms with Gasteiger partial charge in [-0.2, -0.15) is 13.2 Å². The second-order valence-electron chi connectivity index (χ2n) is 7.00. The Morgan fingerprint density at radius 2 is 1.97 bits per heavy atom. The number of halogens is 4. The van der Waals surface area contributed by atoms with Crippen LogP contribution in [0.3, 0.4) is 0 Å². The predicted octanol–water partition coefficient (Wildman–Crippen LogP) is 4.44. The van der Waals surface area contributed by atoms with Crippen LogP contribution in [-0.4, -0.2) is 39.6 Å². The highest BCUT2D eigenvalue weighted by molar-refractivity contribution is 5.85. The SMILES string of the molecule is CC(C)[C@@H](Nc1nc(-c2ccc3ncccc3c2)ncc1F)C(=O)NCC(F)(F)F.[HH].[HH]. The maximum atomic E-state index is 14.3. The lowest BCUT2D eigenvalue weighted by Gasteiger charge is -2.23. The number of nitrogens with zero attached hydrogens (tertiary/aromatic N) is 3. The van der Waals surface area contributed by atoms with Crippen LogP contribution < -0.4 is 10.6 Å². The number of anilines is 1. The number of hydrogen-bond acceptors (Lipinski definition) is 5. The zero-order valence-corrected chi connectivity index (χ0v) is 16.2. The van der Waals surface area contributed by atoms with Crippen LogP contribution in [0, 0.1) is 11.7 Å². The summed E-state index contributed by atoms with van der Waals surface area (Å²) in [6, 6.07) is 7.79. The van der Waals surface area contributed by atoms with Crippen LogP contribution in [0.1, 0.15) is 16.7 Å². The lowest BCUT2D eigenvalue weighted by atomic mass is 10.0. The maximum Gasteiger partial charge on any atom is 0.405 e. The van der Waals surface area contributed by atoms with Gasteiger partial charge >= 0.3 is 6.18 Å². The number of rotatable bonds is 6. The van der Waals surface area contributed by atoms with Gasteiger partial charge in [-0.15, -0.1) is 0 Å². The zero-order valence-electron chi connectivity index (χ0n) is 16.2. The summed E-state index contributed by atoms with van der Waals surface area (Å²) in [6.45, 7) is 1.78. The van der Waals surface area contributed by atoms with E-state index in [1.807, 2.05) is 11.4 Å². The molecule has 3 rings (SSSR count).